The molecule has 0 saturated carbocycles. The Balaban J connectivity index is 1.99. The van der Waals surface area contributed by atoms with Crippen LogP contribution in [0.2, 0.25) is 5.02 Å². The summed E-state index contributed by atoms with van der Waals surface area (Å²) in [6.07, 6.45) is 3.52. The number of benzene rings is 1. The van der Waals surface area contributed by atoms with Crippen LogP contribution in [-0.4, -0.2) is 28.6 Å². The van der Waals surface area contributed by atoms with Crippen LogP contribution in [0.1, 0.15) is 30.6 Å². The molecular weight excluding hydrogens is 328 g/mol. The maximum Gasteiger partial charge on any atom is 0.251 e. The van der Waals surface area contributed by atoms with Crippen molar-refractivity contribution in [1.82, 2.24) is 10.3 Å². The van der Waals surface area contributed by atoms with Crippen molar-refractivity contribution in [3.63, 3.8) is 0 Å². The number of pyridine rings is 1. The maximum atomic E-state index is 12.2. The lowest BCUT2D eigenvalue weighted by Crippen LogP contribution is -2.35. The molecule has 5 nitrogen and oxygen atoms in total. The smallest absolute Gasteiger partial charge is 0.251 e. The second-order valence-electron chi connectivity index (χ2n) is 5.59. The summed E-state index contributed by atoms with van der Waals surface area (Å²) < 4.78 is 5.64. The van der Waals surface area contributed by atoms with Gasteiger partial charge in [-0.25, -0.2) is 0 Å². The minimum atomic E-state index is -0.566. The summed E-state index contributed by atoms with van der Waals surface area (Å²) in [6.45, 7) is 4.15. The maximum absolute atomic E-state index is 12.2. The minimum absolute atomic E-state index is 0.130. The number of aliphatic hydroxyl groups excluding tert-OH is 1. The fourth-order valence-electron chi connectivity index (χ4n) is 2.03. The van der Waals surface area contributed by atoms with E-state index in [0.29, 0.717) is 22.1 Å². The Morgan fingerprint density at radius 3 is 2.67 bits per heavy atom. The predicted molar refractivity (Wildman–Crippen MR) is 93.6 cm³/mol. The van der Waals surface area contributed by atoms with Crippen molar-refractivity contribution < 1.29 is 14.6 Å². The molecule has 24 heavy (non-hydrogen) atoms. The summed E-state index contributed by atoms with van der Waals surface area (Å²) in [5.41, 5.74) is 0.415. The normalized spacial score (nSPS) is 13.2. The lowest BCUT2D eigenvalue weighted by molar-refractivity contribution is 0.0850. The number of halogens is 1. The first-order valence-corrected chi connectivity index (χ1v) is 8.22. The molecular formula is C18H21ClN2O3. The average Bonchev–Trinajstić information content (AvgIpc) is 2.61. The van der Waals surface area contributed by atoms with Gasteiger partial charge in [-0.1, -0.05) is 31.9 Å². The van der Waals surface area contributed by atoms with Gasteiger partial charge in [0.05, 0.1) is 11.1 Å². The summed E-state index contributed by atoms with van der Waals surface area (Å²) in [4.78, 5) is 16.1. The minimum Gasteiger partial charge on any atom is -0.456 e. The van der Waals surface area contributed by atoms with E-state index in [1.165, 1.54) is 0 Å². The van der Waals surface area contributed by atoms with Crippen molar-refractivity contribution >= 4 is 17.5 Å². The molecule has 128 valence electrons. The molecule has 2 N–H and O–H groups in total. The Hall–Kier alpha value is -2.11. The number of carbonyl (C=O) groups excluding carboxylic acids is 1. The van der Waals surface area contributed by atoms with E-state index in [9.17, 15) is 9.90 Å². The van der Waals surface area contributed by atoms with Gasteiger partial charge in [0.25, 0.3) is 5.91 Å². The number of hydrogen-bond donors (Lipinski definition) is 2. The van der Waals surface area contributed by atoms with Gasteiger partial charge in [-0.05, 0) is 36.2 Å². The van der Waals surface area contributed by atoms with Crippen molar-refractivity contribution in [2.24, 2.45) is 5.92 Å². The van der Waals surface area contributed by atoms with E-state index in [1.807, 2.05) is 13.8 Å². The number of aromatic nitrogens is 1. The number of nitrogens with zero attached hydrogens (tertiary/aromatic N) is 1. The van der Waals surface area contributed by atoms with Crippen molar-refractivity contribution in [3.8, 4) is 11.5 Å². The van der Waals surface area contributed by atoms with Gasteiger partial charge in [-0.15, -0.1) is 0 Å². The number of carbonyl (C=O) groups is 1. The van der Waals surface area contributed by atoms with Gasteiger partial charge in [-0.2, -0.15) is 0 Å². The monoisotopic (exact) mass is 348 g/mol. The van der Waals surface area contributed by atoms with Crippen LogP contribution in [0.4, 0.5) is 0 Å². The molecule has 1 amide bonds. The molecule has 0 aliphatic rings. The van der Waals surface area contributed by atoms with Crippen LogP contribution in [0.3, 0.4) is 0 Å². The Labute approximate surface area is 146 Å². The number of aliphatic hydroxyl groups is 1. The van der Waals surface area contributed by atoms with E-state index in [4.69, 9.17) is 16.3 Å². The number of rotatable bonds is 7. The number of nitrogens with one attached hydrogen (secondary N) is 1. The van der Waals surface area contributed by atoms with Gasteiger partial charge < -0.3 is 15.2 Å². The van der Waals surface area contributed by atoms with E-state index in [0.717, 1.165) is 6.42 Å². The van der Waals surface area contributed by atoms with E-state index in [2.05, 4.69) is 10.3 Å². The molecule has 0 radical (unpaired) electrons. The predicted octanol–water partition coefficient (Wildman–Crippen LogP) is 3.66. The molecule has 2 unspecified atom stereocenters. The number of hydrogen-bond acceptors (Lipinski definition) is 4. The fourth-order valence-corrected chi connectivity index (χ4v) is 2.25. The molecule has 1 heterocycles. The fraction of sp³-hybridized carbons (Fsp3) is 0.333. The van der Waals surface area contributed by atoms with Crippen molar-refractivity contribution in [1.29, 1.82) is 0 Å². The Bertz CT molecular complexity index is 679. The van der Waals surface area contributed by atoms with Gasteiger partial charge in [0.15, 0.2) is 0 Å². The van der Waals surface area contributed by atoms with Crippen molar-refractivity contribution in [2.45, 2.75) is 26.4 Å². The molecule has 0 saturated heterocycles. The molecule has 0 aliphatic heterocycles. The highest BCUT2D eigenvalue weighted by atomic mass is 35.5. The molecule has 1 aromatic carbocycles. The van der Waals surface area contributed by atoms with Crippen LogP contribution in [0.5, 0.6) is 11.5 Å². The summed E-state index contributed by atoms with van der Waals surface area (Å²) in [6, 6.07) is 8.25. The van der Waals surface area contributed by atoms with E-state index in [-0.39, 0.29) is 18.4 Å². The number of ether oxygens (including phenoxy) is 1. The topological polar surface area (TPSA) is 71.5 Å². The third kappa shape index (κ3) is 4.94. The van der Waals surface area contributed by atoms with E-state index >= 15 is 0 Å². The van der Waals surface area contributed by atoms with Crippen LogP contribution < -0.4 is 10.1 Å². The molecule has 0 bridgehead atoms. The quantitative estimate of drug-likeness (QED) is 0.801. The van der Waals surface area contributed by atoms with Crippen LogP contribution in [-0.2, 0) is 0 Å². The second kappa shape index (κ2) is 8.66. The van der Waals surface area contributed by atoms with Gasteiger partial charge >= 0.3 is 0 Å². The van der Waals surface area contributed by atoms with Gasteiger partial charge in [0.1, 0.15) is 11.5 Å². The van der Waals surface area contributed by atoms with Gasteiger partial charge in [0.2, 0.25) is 0 Å². The van der Waals surface area contributed by atoms with E-state index < -0.39 is 6.10 Å². The zero-order valence-electron chi connectivity index (χ0n) is 13.7. The summed E-state index contributed by atoms with van der Waals surface area (Å²) in [5, 5.41) is 13.0. The summed E-state index contributed by atoms with van der Waals surface area (Å²) >= 11 is 6.19. The Kier molecular flexibility index (Phi) is 6.58. The van der Waals surface area contributed by atoms with Crippen molar-refractivity contribution in [3.05, 3.63) is 53.3 Å². The standard InChI is InChI=1S/C18H21ClN2O3/c1-3-12(2)16(22)11-21-18(23)13-4-5-17(15(19)10-13)24-14-6-8-20-9-7-14/h4-10,12,16,22H,3,11H2,1-2H3,(H,21,23). The molecule has 0 aliphatic carbocycles. The van der Waals surface area contributed by atoms with Gasteiger partial charge in [-0.3, -0.25) is 9.78 Å². The molecule has 0 spiro atoms. The Morgan fingerprint density at radius 2 is 2.04 bits per heavy atom. The largest absolute Gasteiger partial charge is 0.456 e. The highest BCUT2D eigenvalue weighted by Gasteiger charge is 2.15. The Morgan fingerprint density at radius 1 is 1.33 bits per heavy atom. The first-order valence-electron chi connectivity index (χ1n) is 7.85. The van der Waals surface area contributed by atoms with Crippen molar-refractivity contribution in [2.75, 3.05) is 6.54 Å². The van der Waals surface area contributed by atoms with Gasteiger partial charge in [0, 0.05) is 24.5 Å². The zero-order valence-corrected chi connectivity index (χ0v) is 14.5. The number of amides is 1. The molecule has 2 aromatic rings. The molecule has 1 aromatic heterocycles. The third-order valence-corrected chi connectivity index (χ3v) is 4.14. The first kappa shape index (κ1) is 18.2. The summed E-state index contributed by atoms with van der Waals surface area (Å²) in [7, 11) is 0. The lowest BCUT2D eigenvalue weighted by Gasteiger charge is -2.17. The SMILES string of the molecule is CCC(C)C(O)CNC(=O)c1ccc(Oc2ccncc2)c(Cl)c1. The molecule has 2 rings (SSSR count). The summed E-state index contributed by atoms with van der Waals surface area (Å²) in [5.74, 6) is 0.916. The van der Waals surface area contributed by atoms with Crippen LogP contribution in [0.25, 0.3) is 0 Å². The molecule has 6 heteroatoms. The zero-order chi connectivity index (χ0) is 17.5. The highest BCUT2D eigenvalue weighted by Crippen LogP contribution is 2.29. The third-order valence-electron chi connectivity index (χ3n) is 3.84. The molecule has 0 fully saturated rings. The second-order valence-corrected chi connectivity index (χ2v) is 6.00. The first-order chi connectivity index (χ1) is 11.5. The highest BCUT2D eigenvalue weighted by molar-refractivity contribution is 6.32. The van der Waals surface area contributed by atoms with Crippen LogP contribution in [0, 0.1) is 5.92 Å². The average molecular weight is 349 g/mol. The van der Waals surface area contributed by atoms with Crippen LogP contribution >= 0.6 is 11.6 Å². The van der Waals surface area contributed by atoms with Crippen LogP contribution in [0.15, 0.2) is 42.7 Å². The van der Waals surface area contributed by atoms with E-state index in [1.54, 1.807) is 42.7 Å². The molecule has 2 atom stereocenters. The lowest BCUT2D eigenvalue weighted by atomic mass is 10.0.